The van der Waals surface area contributed by atoms with Gasteiger partial charge in [-0.05, 0) is 45.5 Å². The highest BCUT2D eigenvalue weighted by atomic mass is 16.4. The van der Waals surface area contributed by atoms with Gasteiger partial charge >= 0.3 is 0 Å². The first-order chi connectivity index (χ1) is 9.52. The van der Waals surface area contributed by atoms with E-state index in [-0.39, 0.29) is 5.84 Å². The Morgan fingerprint density at radius 3 is 2.90 bits per heavy atom. The van der Waals surface area contributed by atoms with E-state index in [4.69, 9.17) is 10.9 Å². The van der Waals surface area contributed by atoms with Crippen molar-refractivity contribution >= 4 is 11.5 Å². The molecule has 0 aliphatic carbocycles. The molecule has 0 spiro atoms. The molecule has 0 amide bonds. The van der Waals surface area contributed by atoms with Gasteiger partial charge in [-0.15, -0.1) is 0 Å². The molecule has 1 aliphatic rings. The molecule has 1 aromatic carbocycles. The number of likely N-dealkylation sites (tertiary alicyclic amines) is 1. The van der Waals surface area contributed by atoms with Crippen LogP contribution < -0.4 is 10.6 Å². The van der Waals surface area contributed by atoms with Crippen LogP contribution in [0.4, 0.5) is 5.69 Å². The molecule has 0 aromatic heterocycles. The van der Waals surface area contributed by atoms with Gasteiger partial charge in [-0.25, -0.2) is 0 Å². The van der Waals surface area contributed by atoms with E-state index in [9.17, 15) is 0 Å². The summed E-state index contributed by atoms with van der Waals surface area (Å²) in [6.07, 6.45) is 2.49. The molecule has 110 valence electrons. The summed E-state index contributed by atoms with van der Waals surface area (Å²) in [4.78, 5) is 4.59. The zero-order chi connectivity index (χ0) is 14.7. The maximum absolute atomic E-state index is 8.95. The summed E-state index contributed by atoms with van der Waals surface area (Å²) in [6.45, 7) is 4.12. The molecule has 2 rings (SSSR count). The van der Waals surface area contributed by atoms with Gasteiger partial charge in [-0.2, -0.15) is 0 Å². The number of anilines is 1. The summed E-state index contributed by atoms with van der Waals surface area (Å²) in [5, 5.41) is 12.1. The van der Waals surface area contributed by atoms with Gasteiger partial charge < -0.3 is 20.7 Å². The summed E-state index contributed by atoms with van der Waals surface area (Å²) in [5.74, 6) is 0.162. The Morgan fingerprint density at radius 1 is 1.55 bits per heavy atom. The van der Waals surface area contributed by atoms with Crippen LogP contribution in [0.15, 0.2) is 23.4 Å². The largest absolute Gasteiger partial charge is 0.409 e. The van der Waals surface area contributed by atoms with Crippen LogP contribution in [0.5, 0.6) is 0 Å². The Kier molecular flexibility index (Phi) is 4.49. The standard InChI is InChI=1S/C15H24N4O/c1-11-6-7-14(13(9-11)15(16)17-20)19(3)10-12-5-4-8-18(12)2/h6-7,9,12,20H,4-5,8,10H2,1-3H3,(H2,16,17). The van der Waals surface area contributed by atoms with E-state index in [0.717, 1.165) is 23.4 Å². The third-order valence-electron chi connectivity index (χ3n) is 4.10. The van der Waals surface area contributed by atoms with Crippen molar-refractivity contribution in [2.45, 2.75) is 25.8 Å². The second kappa shape index (κ2) is 6.13. The zero-order valence-electron chi connectivity index (χ0n) is 12.5. The molecule has 5 heteroatoms. The van der Waals surface area contributed by atoms with Crippen molar-refractivity contribution in [3.8, 4) is 0 Å². The van der Waals surface area contributed by atoms with Crippen LogP contribution in [-0.4, -0.2) is 49.2 Å². The van der Waals surface area contributed by atoms with E-state index < -0.39 is 0 Å². The van der Waals surface area contributed by atoms with Gasteiger partial charge in [-0.1, -0.05) is 16.8 Å². The molecular formula is C15H24N4O. The van der Waals surface area contributed by atoms with Crippen LogP contribution in [-0.2, 0) is 0 Å². The number of rotatable bonds is 4. The van der Waals surface area contributed by atoms with E-state index in [0.29, 0.717) is 6.04 Å². The lowest BCUT2D eigenvalue weighted by Gasteiger charge is -2.28. The predicted molar refractivity (Wildman–Crippen MR) is 82.6 cm³/mol. The van der Waals surface area contributed by atoms with Crippen molar-refractivity contribution < 1.29 is 5.21 Å². The van der Waals surface area contributed by atoms with Crippen molar-refractivity contribution in [3.63, 3.8) is 0 Å². The summed E-state index contributed by atoms with van der Waals surface area (Å²) in [5.41, 5.74) is 8.69. The van der Waals surface area contributed by atoms with E-state index in [1.165, 1.54) is 19.4 Å². The Morgan fingerprint density at radius 2 is 2.30 bits per heavy atom. The van der Waals surface area contributed by atoms with E-state index >= 15 is 0 Å². The first-order valence-electron chi connectivity index (χ1n) is 7.03. The Hall–Kier alpha value is -1.75. The summed E-state index contributed by atoms with van der Waals surface area (Å²) >= 11 is 0. The minimum Gasteiger partial charge on any atom is -0.409 e. The van der Waals surface area contributed by atoms with Gasteiger partial charge in [0.2, 0.25) is 0 Å². The number of hydrogen-bond donors (Lipinski definition) is 2. The highest BCUT2D eigenvalue weighted by Crippen LogP contribution is 2.23. The maximum atomic E-state index is 8.95. The maximum Gasteiger partial charge on any atom is 0.172 e. The molecule has 5 nitrogen and oxygen atoms in total. The fourth-order valence-electron chi connectivity index (χ4n) is 2.87. The number of benzene rings is 1. The minimum absolute atomic E-state index is 0.162. The third-order valence-corrected chi connectivity index (χ3v) is 4.10. The topological polar surface area (TPSA) is 65.1 Å². The fourth-order valence-corrected chi connectivity index (χ4v) is 2.87. The van der Waals surface area contributed by atoms with Crippen LogP contribution in [0, 0.1) is 6.92 Å². The highest BCUT2D eigenvalue weighted by molar-refractivity contribution is 6.02. The molecular weight excluding hydrogens is 252 g/mol. The van der Waals surface area contributed by atoms with E-state index in [2.05, 4.69) is 35.1 Å². The number of nitrogens with zero attached hydrogens (tertiary/aromatic N) is 3. The van der Waals surface area contributed by atoms with Crippen molar-refractivity contribution in [2.75, 3.05) is 32.1 Å². The number of likely N-dealkylation sites (N-methyl/N-ethyl adjacent to an activating group) is 2. The van der Waals surface area contributed by atoms with E-state index in [1.807, 2.05) is 19.1 Å². The lowest BCUT2D eigenvalue weighted by molar-refractivity contribution is 0.314. The van der Waals surface area contributed by atoms with Crippen molar-refractivity contribution in [1.29, 1.82) is 0 Å². The third kappa shape index (κ3) is 3.04. The lowest BCUT2D eigenvalue weighted by Crippen LogP contribution is -2.37. The molecule has 1 heterocycles. The average molecular weight is 276 g/mol. The quantitative estimate of drug-likeness (QED) is 0.379. The van der Waals surface area contributed by atoms with Gasteiger partial charge in [0.05, 0.1) is 0 Å². The number of aryl methyl sites for hydroxylation is 1. The summed E-state index contributed by atoms with van der Waals surface area (Å²) in [7, 11) is 4.23. The minimum atomic E-state index is 0.162. The van der Waals surface area contributed by atoms with Crippen LogP contribution in [0.1, 0.15) is 24.0 Å². The van der Waals surface area contributed by atoms with Crippen LogP contribution in [0.2, 0.25) is 0 Å². The van der Waals surface area contributed by atoms with Crippen LogP contribution in [0.25, 0.3) is 0 Å². The molecule has 0 radical (unpaired) electrons. The Labute approximate surface area is 120 Å². The second-order valence-corrected chi connectivity index (χ2v) is 5.66. The molecule has 0 bridgehead atoms. The molecule has 20 heavy (non-hydrogen) atoms. The summed E-state index contributed by atoms with van der Waals surface area (Å²) in [6, 6.07) is 6.62. The molecule has 0 saturated carbocycles. The number of hydrogen-bond acceptors (Lipinski definition) is 4. The number of nitrogens with two attached hydrogens (primary N) is 1. The normalized spacial score (nSPS) is 20.4. The lowest BCUT2D eigenvalue weighted by atomic mass is 10.1. The molecule has 1 aromatic rings. The second-order valence-electron chi connectivity index (χ2n) is 5.66. The Bertz CT molecular complexity index is 501. The number of oxime groups is 1. The highest BCUT2D eigenvalue weighted by Gasteiger charge is 2.23. The summed E-state index contributed by atoms with van der Waals surface area (Å²) < 4.78 is 0. The fraction of sp³-hybridized carbons (Fsp3) is 0.533. The first kappa shape index (κ1) is 14.7. The molecule has 1 unspecified atom stereocenters. The Balaban J connectivity index is 2.22. The first-order valence-corrected chi connectivity index (χ1v) is 7.03. The number of amidine groups is 1. The molecule has 1 saturated heterocycles. The van der Waals surface area contributed by atoms with Crippen molar-refractivity contribution in [3.05, 3.63) is 29.3 Å². The van der Waals surface area contributed by atoms with Crippen molar-refractivity contribution in [2.24, 2.45) is 10.9 Å². The smallest absolute Gasteiger partial charge is 0.172 e. The SMILES string of the molecule is Cc1ccc(N(C)CC2CCCN2C)c(/C(N)=N/O)c1. The monoisotopic (exact) mass is 276 g/mol. The average Bonchev–Trinajstić information content (AvgIpc) is 2.83. The van der Waals surface area contributed by atoms with Gasteiger partial charge in [0.15, 0.2) is 5.84 Å². The molecule has 1 fully saturated rings. The molecule has 1 aliphatic heterocycles. The molecule has 3 N–H and O–H groups in total. The molecule has 1 atom stereocenters. The van der Waals surface area contributed by atoms with E-state index in [1.54, 1.807) is 0 Å². The van der Waals surface area contributed by atoms with Gasteiger partial charge in [0, 0.05) is 30.9 Å². The van der Waals surface area contributed by atoms with Gasteiger partial charge in [-0.3, -0.25) is 0 Å². The van der Waals surface area contributed by atoms with Gasteiger partial charge in [0.1, 0.15) is 0 Å². The zero-order valence-corrected chi connectivity index (χ0v) is 12.5. The van der Waals surface area contributed by atoms with Crippen molar-refractivity contribution in [1.82, 2.24) is 4.90 Å². The van der Waals surface area contributed by atoms with Gasteiger partial charge in [0.25, 0.3) is 0 Å². The van der Waals surface area contributed by atoms with Crippen LogP contribution in [0.3, 0.4) is 0 Å². The predicted octanol–water partition coefficient (Wildman–Crippen LogP) is 1.62. The van der Waals surface area contributed by atoms with Crippen LogP contribution >= 0.6 is 0 Å².